The second-order valence-electron chi connectivity index (χ2n) is 6.24. The number of carbonyl (C=O) groups excluding carboxylic acids is 1. The Morgan fingerprint density at radius 2 is 1.89 bits per heavy atom. The summed E-state index contributed by atoms with van der Waals surface area (Å²) >= 11 is 0. The summed E-state index contributed by atoms with van der Waals surface area (Å²) in [4.78, 5) is 12.5. The van der Waals surface area contributed by atoms with E-state index in [1.54, 1.807) is 20.1 Å². The number of nitrogens with one attached hydrogen (secondary N) is 2. The Morgan fingerprint density at radius 3 is 2.52 bits per heavy atom. The zero-order chi connectivity index (χ0) is 19.1. The van der Waals surface area contributed by atoms with Gasteiger partial charge in [0.1, 0.15) is 11.5 Å². The number of aryl methyl sites for hydroxylation is 1. The van der Waals surface area contributed by atoms with Gasteiger partial charge in [0.25, 0.3) is 5.91 Å². The van der Waals surface area contributed by atoms with Crippen LogP contribution in [-0.4, -0.2) is 24.7 Å². The van der Waals surface area contributed by atoms with Crippen molar-refractivity contribution in [2.75, 3.05) is 13.7 Å². The number of carbonyl (C=O) groups is 1. The molecule has 1 unspecified atom stereocenters. The molecule has 1 atom stereocenters. The van der Waals surface area contributed by atoms with Gasteiger partial charge in [-0.3, -0.25) is 4.79 Å². The Balaban J connectivity index is 1.64. The van der Waals surface area contributed by atoms with Crippen LogP contribution < -0.4 is 15.4 Å². The van der Waals surface area contributed by atoms with Crippen molar-refractivity contribution in [2.45, 2.75) is 19.5 Å². The number of aromatic nitrogens is 1. The van der Waals surface area contributed by atoms with Crippen molar-refractivity contribution in [2.24, 2.45) is 0 Å². The van der Waals surface area contributed by atoms with E-state index in [4.69, 9.17) is 9.26 Å². The highest BCUT2D eigenvalue weighted by Gasteiger charge is 2.18. The molecule has 0 saturated carbocycles. The topological polar surface area (TPSA) is 76.4 Å². The Bertz CT molecular complexity index is 860. The van der Waals surface area contributed by atoms with E-state index in [9.17, 15) is 4.79 Å². The van der Waals surface area contributed by atoms with E-state index < -0.39 is 0 Å². The highest BCUT2D eigenvalue weighted by Crippen LogP contribution is 2.14. The maximum absolute atomic E-state index is 12.5. The molecule has 1 aromatic heterocycles. The monoisotopic (exact) mass is 365 g/mol. The summed E-state index contributed by atoms with van der Waals surface area (Å²) in [5.74, 6) is 1.18. The largest absolute Gasteiger partial charge is 0.497 e. The van der Waals surface area contributed by atoms with Gasteiger partial charge in [-0.1, -0.05) is 47.6 Å². The number of hydrogen-bond donors (Lipinski definition) is 2. The number of nitrogens with zero attached hydrogens (tertiary/aromatic N) is 1. The summed E-state index contributed by atoms with van der Waals surface area (Å²) < 4.78 is 10.2. The first kappa shape index (κ1) is 18.7. The molecule has 0 aliphatic heterocycles. The molecule has 2 aromatic carbocycles. The second kappa shape index (κ2) is 9.00. The maximum Gasteiger partial charge on any atom is 0.274 e. The van der Waals surface area contributed by atoms with Crippen molar-refractivity contribution in [1.82, 2.24) is 15.8 Å². The minimum atomic E-state index is -0.257. The molecule has 1 amide bonds. The summed E-state index contributed by atoms with van der Waals surface area (Å²) in [5, 5.41) is 10.2. The third-order valence-electron chi connectivity index (χ3n) is 4.20. The number of methoxy groups -OCH3 is 1. The maximum atomic E-state index is 12.5. The fraction of sp³-hybridized carbons (Fsp3) is 0.238. The lowest BCUT2D eigenvalue weighted by molar-refractivity contribution is 0.0927. The van der Waals surface area contributed by atoms with Crippen LogP contribution in [0.2, 0.25) is 0 Å². The molecule has 6 heteroatoms. The molecule has 2 N–H and O–H groups in total. The van der Waals surface area contributed by atoms with Gasteiger partial charge in [0.2, 0.25) is 0 Å². The van der Waals surface area contributed by atoms with Crippen molar-refractivity contribution in [3.63, 3.8) is 0 Å². The molecular weight excluding hydrogens is 342 g/mol. The quantitative estimate of drug-likeness (QED) is 0.641. The first-order chi connectivity index (χ1) is 13.2. The first-order valence-electron chi connectivity index (χ1n) is 8.78. The fourth-order valence-corrected chi connectivity index (χ4v) is 2.75. The standard InChI is InChI=1S/C21H23N3O3/c1-15-12-19(24-27-15)21(25)23-20(17-6-4-3-5-7-17)14-22-13-16-8-10-18(26-2)11-9-16/h3-12,20,22H,13-14H2,1-2H3,(H,23,25). The normalized spacial score (nSPS) is 11.8. The van der Waals surface area contributed by atoms with Crippen LogP contribution in [0.25, 0.3) is 0 Å². The molecule has 3 aromatic rings. The van der Waals surface area contributed by atoms with Crippen LogP contribution in [-0.2, 0) is 6.54 Å². The smallest absolute Gasteiger partial charge is 0.274 e. The van der Waals surface area contributed by atoms with E-state index in [2.05, 4.69) is 15.8 Å². The predicted molar refractivity (Wildman–Crippen MR) is 103 cm³/mol. The summed E-state index contributed by atoms with van der Waals surface area (Å²) in [6.45, 7) is 3.03. The molecule has 0 fully saturated rings. The molecule has 0 aliphatic carbocycles. The van der Waals surface area contributed by atoms with Gasteiger partial charge in [-0.25, -0.2) is 0 Å². The molecule has 6 nitrogen and oxygen atoms in total. The molecule has 27 heavy (non-hydrogen) atoms. The summed E-state index contributed by atoms with van der Waals surface area (Å²) in [6, 6.07) is 19.2. The fourth-order valence-electron chi connectivity index (χ4n) is 2.75. The van der Waals surface area contributed by atoms with Crippen molar-refractivity contribution in [1.29, 1.82) is 0 Å². The zero-order valence-electron chi connectivity index (χ0n) is 15.4. The number of amides is 1. The molecular formula is C21H23N3O3. The van der Waals surface area contributed by atoms with Gasteiger partial charge in [-0.05, 0) is 30.2 Å². The highest BCUT2D eigenvalue weighted by atomic mass is 16.5. The van der Waals surface area contributed by atoms with E-state index in [0.29, 0.717) is 18.8 Å². The average molecular weight is 365 g/mol. The minimum Gasteiger partial charge on any atom is -0.497 e. The third kappa shape index (κ3) is 5.18. The van der Waals surface area contributed by atoms with Crippen LogP contribution in [0.1, 0.15) is 33.4 Å². The number of ether oxygens (including phenoxy) is 1. The van der Waals surface area contributed by atoms with Gasteiger partial charge < -0.3 is 19.9 Å². The van der Waals surface area contributed by atoms with Crippen LogP contribution >= 0.6 is 0 Å². The number of hydrogen-bond acceptors (Lipinski definition) is 5. The molecule has 0 radical (unpaired) electrons. The predicted octanol–water partition coefficient (Wildman–Crippen LogP) is 3.25. The van der Waals surface area contributed by atoms with Gasteiger partial charge in [0.05, 0.1) is 13.2 Å². The summed E-state index contributed by atoms with van der Waals surface area (Å²) in [5.41, 5.74) is 2.44. The van der Waals surface area contributed by atoms with Crippen molar-refractivity contribution >= 4 is 5.91 Å². The van der Waals surface area contributed by atoms with Crippen LogP contribution in [0.5, 0.6) is 5.75 Å². The second-order valence-corrected chi connectivity index (χ2v) is 6.24. The zero-order valence-corrected chi connectivity index (χ0v) is 15.4. The van der Waals surface area contributed by atoms with Gasteiger partial charge in [-0.15, -0.1) is 0 Å². The van der Waals surface area contributed by atoms with Crippen molar-refractivity contribution in [3.05, 3.63) is 83.2 Å². The lowest BCUT2D eigenvalue weighted by atomic mass is 10.1. The molecule has 1 heterocycles. The first-order valence-corrected chi connectivity index (χ1v) is 8.78. The SMILES string of the molecule is COc1ccc(CNCC(NC(=O)c2cc(C)on2)c2ccccc2)cc1. The molecule has 0 aliphatic rings. The third-order valence-corrected chi connectivity index (χ3v) is 4.20. The van der Waals surface area contributed by atoms with E-state index in [-0.39, 0.29) is 17.6 Å². The van der Waals surface area contributed by atoms with Gasteiger partial charge >= 0.3 is 0 Å². The van der Waals surface area contributed by atoms with Crippen LogP contribution in [0.4, 0.5) is 0 Å². The van der Waals surface area contributed by atoms with E-state index in [1.165, 1.54) is 0 Å². The Morgan fingerprint density at radius 1 is 1.15 bits per heavy atom. The molecule has 140 valence electrons. The van der Waals surface area contributed by atoms with Crippen LogP contribution in [0, 0.1) is 6.92 Å². The van der Waals surface area contributed by atoms with E-state index in [1.807, 2.05) is 54.6 Å². The Hall–Kier alpha value is -3.12. The minimum absolute atomic E-state index is 0.186. The lowest BCUT2D eigenvalue weighted by Crippen LogP contribution is -2.35. The van der Waals surface area contributed by atoms with Crippen molar-refractivity contribution in [3.8, 4) is 5.75 Å². The van der Waals surface area contributed by atoms with E-state index in [0.717, 1.165) is 16.9 Å². The average Bonchev–Trinajstić information content (AvgIpc) is 3.15. The van der Waals surface area contributed by atoms with Gasteiger partial charge in [0.15, 0.2) is 5.69 Å². The molecule has 3 rings (SSSR count). The highest BCUT2D eigenvalue weighted by molar-refractivity contribution is 5.92. The Kier molecular flexibility index (Phi) is 6.22. The molecule has 0 bridgehead atoms. The summed E-state index contributed by atoms with van der Waals surface area (Å²) in [7, 11) is 1.65. The Labute approximate surface area is 158 Å². The van der Waals surface area contributed by atoms with Gasteiger partial charge in [0, 0.05) is 19.2 Å². The van der Waals surface area contributed by atoms with Gasteiger partial charge in [-0.2, -0.15) is 0 Å². The molecule has 0 spiro atoms. The van der Waals surface area contributed by atoms with Crippen molar-refractivity contribution < 1.29 is 14.1 Å². The van der Waals surface area contributed by atoms with E-state index >= 15 is 0 Å². The lowest BCUT2D eigenvalue weighted by Gasteiger charge is -2.19. The number of benzene rings is 2. The number of rotatable bonds is 8. The van der Waals surface area contributed by atoms with Crippen LogP contribution in [0.15, 0.2) is 65.2 Å². The molecule has 0 saturated heterocycles. The summed E-state index contributed by atoms with van der Waals surface area (Å²) in [6.07, 6.45) is 0. The van der Waals surface area contributed by atoms with Crippen LogP contribution in [0.3, 0.4) is 0 Å².